The number of rotatable bonds is 8. The van der Waals surface area contributed by atoms with Crippen LogP contribution in [0.4, 0.5) is 0 Å². The average molecular weight is 411 g/mol. The Labute approximate surface area is 180 Å². The maximum atomic E-state index is 5.96. The Balaban J connectivity index is 1.37. The van der Waals surface area contributed by atoms with Gasteiger partial charge in [0.05, 0.1) is 13.7 Å². The smallest absolute Gasteiger partial charge is 0.191 e. The molecule has 6 heteroatoms. The predicted molar refractivity (Wildman–Crippen MR) is 122 cm³/mol. The molecule has 0 radical (unpaired) electrons. The monoisotopic (exact) mass is 410 g/mol. The molecule has 0 spiro atoms. The molecular formula is C24H34N4O2. The first kappa shape index (κ1) is 22.0. The Kier molecular flexibility index (Phi) is 8.39. The molecule has 0 saturated carbocycles. The van der Waals surface area contributed by atoms with Gasteiger partial charge in [0.1, 0.15) is 17.6 Å². The van der Waals surface area contributed by atoms with Crippen molar-refractivity contribution in [3.05, 3.63) is 60.2 Å². The van der Waals surface area contributed by atoms with E-state index >= 15 is 0 Å². The topological polar surface area (TPSA) is 58.1 Å². The van der Waals surface area contributed by atoms with Crippen molar-refractivity contribution in [2.24, 2.45) is 4.99 Å². The molecule has 162 valence electrons. The Morgan fingerprint density at radius 2 is 1.73 bits per heavy atom. The summed E-state index contributed by atoms with van der Waals surface area (Å²) in [5, 5.41) is 6.95. The van der Waals surface area contributed by atoms with E-state index in [1.807, 2.05) is 38.2 Å². The van der Waals surface area contributed by atoms with Gasteiger partial charge in [0, 0.05) is 32.7 Å². The lowest BCUT2D eigenvalue weighted by Gasteiger charge is -2.33. The standard InChI is InChI=1S/C24H34N4O2/c1-19(30-23-11-9-22(29-3)10-12-23)17-26-24(25-2)27-21-13-15-28(16-14-21)18-20-7-5-4-6-8-20/h4-12,19,21H,13-18H2,1-3H3,(H2,25,26,27). The Bertz CT molecular complexity index is 772. The fourth-order valence-electron chi connectivity index (χ4n) is 3.63. The van der Waals surface area contributed by atoms with Gasteiger partial charge in [-0.2, -0.15) is 0 Å². The lowest BCUT2D eigenvalue weighted by molar-refractivity contribution is 0.197. The molecule has 2 aromatic rings. The number of benzene rings is 2. The first-order chi connectivity index (χ1) is 14.7. The third kappa shape index (κ3) is 6.95. The molecule has 1 atom stereocenters. The van der Waals surface area contributed by atoms with Gasteiger partial charge in [-0.3, -0.25) is 9.89 Å². The van der Waals surface area contributed by atoms with E-state index in [0.717, 1.165) is 49.9 Å². The molecule has 1 fully saturated rings. The van der Waals surface area contributed by atoms with E-state index in [1.54, 1.807) is 7.11 Å². The maximum absolute atomic E-state index is 5.96. The molecular weight excluding hydrogens is 376 g/mol. The molecule has 1 aliphatic heterocycles. The molecule has 1 unspecified atom stereocenters. The second-order valence-corrected chi connectivity index (χ2v) is 7.74. The summed E-state index contributed by atoms with van der Waals surface area (Å²) in [6, 6.07) is 18.8. The summed E-state index contributed by atoms with van der Waals surface area (Å²) in [6.45, 7) is 5.95. The highest BCUT2D eigenvalue weighted by molar-refractivity contribution is 5.80. The number of nitrogens with one attached hydrogen (secondary N) is 2. The van der Waals surface area contributed by atoms with Crippen molar-refractivity contribution < 1.29 is 9.47 Å². The minimum absolute atomic E-state index is 0.0182. The molecule has 0 aliphatic carbocycles. The molecule has 1 aliphatic rings. The van der Waals surface area contributed by atoms with E-state index in [4.69, 9.17) is 9.47 Å². The molecule has 30 heavy (non-hydrogen) atoms. The molecule has 2 aromatic carbocycles. The summed E-state index contributed by atoms with van der Waals surface area (Å²) < 4.78 is 11.1. The summed E-state index contributed by atoms with van der Waals surface area (Å²) >= 11 is 0. The largest absolute Gasteiger partial charge is 0.497 e. The quantitative estimate of drug-likeness (QED) is 0.517. The SMILES string of the molecule is CN=C(NCC(C)Oc1ccc(OC)cc1)NC1CCN(Cc2ccccc2)CC1. The van der Waals surface area contributed by atoms with Gasteiger partial charge in [0.25, 0.3) is 0 Å². The molecule has 6 nitrogen and oxygen atoms in total. The summed E-state index contributed by atoms with van der Waals surface area (Å²) in [6.07, 6.45) is 2.25. The van der Waals surface area contributed by atoms with Crippen LogP contribution in [0.2, 0.25) is 0 Å². The highest BCUT2D eigenvalue weighted by Crippen LogP contribution is 2.18. The first-order valence-corrected chi connectivity index (χ1v) is 10.7. The highest BCUT2D eigenvalue weighted by Gasteiger charge is 2.20. The van der Waals surface area contributed by atoms with Crippen LogP contribution in [0.1, 0.15) is 25.3 Å². The number of piperidine rings is 1. The zero-order valence-corrected chi connectivity index (χ0v) is 18.3. The molecule has 2 N–H and O–H groups in total. The number of ether oxygens (including phenoxy) is 2. The minimum Gasteiger partial charge on any atom is -0.497 e. The Morgan fingerprint density at radius 3 is 2.37 bits per heavy atom. The van der Waals surface area contributed by atoms with E-state index in [1.165, 1.54) is 5.56 Å². The Morgan fingerprint density at radius 1 is 1.07 bits per heavy atom. The summed E-state index contributed by atoms with van der Waals surface area (Å²) in [7, 11) is 3.48. The van der Waals surface area contributed by atoms with Gasteiger partial charge in [-0.1, -0.05) is 30.3 Å². The third-order valence-electron chi connectivity index (χ3n) is 5.35. The first-order valence-electron chi connectivity index (χ1n) is 10.7. The number of hydrogen-bond donors (Lipinski definition) is 2. The van der Waals surface area contributed by atoms with Crippen molar-refractivity contribution in [3.63, 3.8) is 0 Å². The number of guanidine groups is 1. The number of likely N-dealkylation sites (tertiary alicyclic amines) is 1. The molecule has 3 rings (SSSR count). The van der Waals surface area contributed by atoms with Crippen LogP contribution in [0.25, 0.3) is 0 Å². The van der Waals surface area contributed by atoms with Gasteiger partial charge in [0.15, 0.2) is 5.96 Å². The fourth-order valence-corrected chi connectivity index (χ4v) is 3.63. The second-order valence-electron chi connectivity index (χ2n) is 7.74. The summed E-state index contributed by atoms with van der Waals surface area (Å²) in [5.41, 5.74) is 1.38. The molecule has 0 aromatic heterocycles. The van der Waals surface area contributed by atoms with Crippen LogP contribution in [-0.4, -0.2) is 56.8 Å². The number of hydrogen-bond acceptors (Lipinski definition) is 4. The summed E-state index contributed by atoms with van der Waals surface area (Å²) in [5.74, 6) is 2.49. The molecule has 0 amide bonds. The number of aliphatic imine (C=N–C) groups is 1. The van der Waals surface area contributed by atoms with Crippen molar-refractivity contribution in [2.45, 2.75) is 38.5 Å². The van der Waals surface area contributed by atoms with Gasteiger partial charge in [0.2, 0.25) is 0 Å². The predicted octanol–water partition coefficient (Wildman–Crippen LogP) is 3.29. The van der Waals surface area contributed by atoms with Crippen molar-refractivity contribution >= 4 is 5.96 Å². The molecule has 0 bridgehead atoms. The van der Waals surface area contributed by atoms with Gasteiger partial charge < -0.3 is 20.1 Å². The van der Waals surface area contributed by atoms with E-state index in [0.29, 0.717) is 12.6 Å². The van der Waals surface area contributed by atoms with Crippen molar-refractivity contribution in [1.82, 2.24) is 15.5 Å². The van der Waals surface area contributed by atoms with Crippen molar-refractivity contribution in [1.29, 1.82) is 0 Å². The fraction of sp³-hybridized carbons (Fsp3) is 0.458. The van der Waals surface area contributed by atoms with Gasteiger partial charge in [-0.25, -0.2) is 0 Å². The Hall–Kier alpha value is -2.73. The van der Waals surface area contributed by atoms with Crippen LogP contribution < -0.4 is 20.1 Å². The average Bonchev–Trinajstić information content (AvgIpc) is 2.79. The van der Waals surface area contributed by atoms with Crippen LogP contribution in [0.3, 0.4) is 0 Å². The van der Waals surface area contributed by atoms with E-state index in [9.17, 15) is 0 Å². The number of methoxy groups -OCH3 is 1. The van der Waals surface area contributed by atoms with Crippen LogP contribution in [-0.2, 0) is 6.54 Å². The van der Waals surface area contributed by atoms with Crippen LogP contribution in [0.15, 0.2) is 59.6 Å². The van der Waals surface area contributed by atoms with E-state index in [-0.39, 0.29) is 6.10 Å². The lowest BCUT2D eigenvalue weighted by Crippen LogP contribution is -2.49. The van der Waals surface area contributed by atoms with Gasteiger partial charge >= 0.3 is 0 Å². The van der Waals surface area contributed by atoms with E-state index < -0.39 is 0 Å². The normalized spacial score (nSPS) is 16.7. The third-order valence-corrected chi connectivity index (χ3v) is 5.35. The number of nitrogens with zero attached hydrogens (tertiary/aromatic N) is 2. The second kappa shape index (κ2) is 11.5. The van der Waals surface area contributed by atoms with E-state index in [2.05, 4.69) is 50.9 Å². The maximum Gasteiger partial charge on any atom is 0.191 e. The zero-order chi connectivity index (χ0) is 21.2. The lowest BCUT2D eigenvalue weighted by atomic mass is 10.0. The van der Waals surface area contributed by atoms with Crippen LogP contribution in [0.5, 0.6) is 11.5 Å². The molecule has 1 heterocycles. The molecule has 1 saturated heterocycles. The highest BCUT2D eigenvalue weighted by atomic mass is 16.5. The van der Waals surface area contributed by atoms with Crippen molar-refractivity contribution in [3.8, 4) is 11.5 Å². The van der Waals surface area contributed by atoms with Crippen LogP contribution in [0, 0.1) is 0 Å². The minimum atomic E-state index is 0.0182. The zero-order valence-electron chi connectivity index (χ0n) is 18.3. The van der Waals surface area contributed by atoms with Gasteiger partial charge in [-0.15, -0.1) is 0 Å². The van der Waals surface area contributed by atoms with Gasteiger partial charge in [-0.05, 0) is 49.6 Å². The van der Waals surface area contributed by atoms with Crippen LogP contribution >= 0.6 is 0 Å². The van der Waals surface area contributed by atoms with Crippen molar-refractivity contribution in [2.75, 3.05) is 33.8 Å². The summed E-state index contributed by atoms with van der Waals surface area (Å²) in [4.78, 5) is 6.90.